The topological polar surface area (TPSA) is 34.1 Å². The van der Waals surface area contributed by atoms with Crippen LogP contribution in [0.25, 0.3) is 11.3 Å². The second kappa shape index (κ2) is 6.48. The Bertz CT molecular complexity index is 584. The van der Waals surface area contributed by atoms with Crippen molar-refractivity contribution in [1.29, 1.82) is 0 Å². The highest BCUT2D eigenvalue weighted by Gasteiger charge is 2.12. The number of hydrogen-bond donors (Lipinski definition) is 1. The first-order valence-electron chi connectivity index (χ1n) is 6.63. The zero-order valence-corrected chi connectivity index (χ0v) is 12.0. The van der Waals surface area contributed by atoms with Gasteiger partial charge in [-0.25, -0.2) is 4.39 Å². The van der Waals surface area contributed by atoms with Gasteiger partial charge in [0.05, 0.1) is 7.11 Å². The van der Waals surface area contributed by atoms with Crippen LogP contribution < -0.4 is 10.1 Å². The third-order valence-corrected chi connectivity index (χ3v) is 2.99. The van der Waals surface area contributed by atoms with Crippen molar-refractivity contribution in [1.82, 2.24) is 10.3 Å². The summed E-state index contributed by atoms with van der Waals surface area (Å²) in [4.78, 5) is 4.23. The fourth-order valence-corrected chi connectivity index (χ4v) is 1.94. The lowest BCUT2D eigenvalue weighted by atomic mass is 10.1. The van der Waals surface area contributed by atoms with Crippen LogP contribution in [0.4, 0.5) is 4.39 Å². The SMILES string of the molecule is COc1cccnc1-c1cc(CNC(C)C)ccc1F. The van der Waals surface area contributed by atoms with Crippen LogP contribution >= 0.6 is 0 Å². The molecule has 20 heavy (non-hydrogen) atoms. The quantitative estimate of drug-likeness (QED) is 0.907. The summed E-state index contributed by atoms with van der Waals surface area (Å²) < 4.78 is 19.3. The van der Waals surface area contributed by atoms with Gasteiger partial charge in [0, 0.05) is 24.3 Å². The Morgan fingerprint density at radius 2 is 2.10 bits per heavy atom. The Morgan fingerprint density at radius 3 is 2.80 bits per heavy atom. The molecule has 2 aromatic rings. The minimum atomic E-state index is -0.296. The van der Waals surface area contributed by atoms with E-state index in [1.54, 1.807) is 31.5 Å². The van der Waals surface area contributed by atoms with Gasteiger partial charge in [-0.1, -0.05) is 19.9 Å². The van der Waals surface area contributed by atoms with Gasteiger partial charge in [0.2, 0.25) is 0 Å². The maximum Gasteiger partial charge on any atom is 0.145 e. The molecule has 0 radical (unpaired) electrons. The maximum absolute atomic E-state index is 14.1. The van der Waals surface area contributed by atoms with E-state index in [-0.39, 0.29) is 5.82 Å². The Balaban J connectivity index is 2.37. The first kappa shape index (κ1) is 14.5. The van der Waals surface area contributed by atoms with Crippen LogP contribution in [-0.2, 0) is 6.54 Å². The van der Waals surface area contributed by atoms with Gasteiger partial charge in [0.1, 0.15) is 17.3 Å². The van der Waals surface area contributed by atoms with Gasteiger partial charge in [-0.3, -0.25) is 4.98 Å². The molecular formula is C16H19FN2O. The van der Waals surface area contributed by atoms with Gasteiger partial charge < -0.3 is 10.1 Å². The molecule has 0 unspecified atom stereocenters. The smallest absolute Gasteiger partial charge is 0.145 e. The molecular weight excluding hydrogens is 255 g/mol. The first-order chi connectivity index (χ1) is 9.61. The lowest BCUT2D eigenvalue weighted by Gasteiger charge is -2.11. The Hall–Kier alpha value is -1.94. The predicted octanol–water partition coefficient (Wildman–Crippen LogP) is 3.39. The van der Waals surface area contributed by atoms with E-state index in [1.807, 2.05) is 6.07 Å². The van der Waals surface area contributed by atoms with Crippen LogP contribution in [0.5, 0.6) is 5.75 Å². The number of pyridine rings is 1. The van der Waals surface area contributed by atoms with Crippen LogP contribution in [0.1, 0.15) is 19.4 Å². The van der Waals surface area contributed by atoms with E-state index in [0.29, 0.717) is 29.6 Å². The van der Waals surface area contributed by atoms with Gasteiger partial charge >= 0.3 is 0 Å². The van der Waals surface area contributed by atoms with E-state index < -0.39 is 0 Å². The highest BCUT2D eigenvalue weighted by Crippen LogP contribution is 2.30. The third kappa shape index (κ3) is 3.33. The summed E-state index contributed by atoms with van der Waals surface area (Å²) >= 11 is 0. The molecule has 0 amide bonds. The van der Waals surface area contributed by atoms with Gasteiger partial charge in [-0.2, -0.15) is 0 Å². The Labute approximate surface area is 118 Å². The summed E-state index contributed by atoms with van der Waals surface area (Å²) in [6.07, 6.45) is 1.64. The highest BCUT2D eigenvalue weighted by molar-refractivity contribution is 5.67. The Kier molecular flexibility index (Phi) is 4.69. The van der Waals surface area contributed by atoms with Crippen molar-refractivity contribution in [3.05, 3.63) is 47.9 Å². The van der Waals surface area contributed by atoms with Gasteiger partial charge in [0.25, 0.3) is 0 Å². The largest absolute Gasteiger partial charge is 0.494 e. The summed E-state index contributed by atoms with van der Waals surface area (Å²) in [5.74, 6) is 0.274. The van der Waals surface area contributed by atoms with E-state index in [4.69, 9.17) is 4.74 Å². The second-order valence-corrected chi connectivity index (χ2v) is 4.90. The van der Waals surface area contributed by atoms with E-state index in [1.165, 1.54) is 6.07 Å². The molecule has 0 saturated heterocycles. The van der Waals surface area contributed by atoms with Crippen LogP contribution in [-0.4, -0.2) is 18.1 Å². The molecule has 106 valence electrons. The van der Waals surface area contributed by atoms with Gasteiger partial charge in [0.15, 0.2) is 0 Å². The zero-order chi connectivity index (χ0) is 14.5. The number of halogens is 1. The predicted molar refractivity (Wildman–Crippen MR) is 78.2 cm³/mol. The van der Waals surface area contributed by atoms with Gasteiger partial charge in [-0.15, -0.1) is 0 Å². The van der Waals surface area contributed by atoms with Crippen LogP contribution in [0, 0.1) is 5.82 Å². The van der Waals surface area contributed by atoms with Crippen molar-refractivity contribution < 1.29 is 9.13 Å². The van der Waals surface area contributed by atoms with E-state index >= 15 is 0 Å². The summed E-state index contributed by atoms with van der Waals surface area (Å²) in [5, 5.41) is 3.31. The molecule has 0 aliphatic carbocycles. The summed E-state index contributed by atoms with van der Waals surface area (Å²) in [6.45, 7) is 4.85. The lowest BCUT2D eigenvalue weighted by Crippen LogP contribution is -2.21. The Morgan fingerprint density at radius 1 is 1.30 bits per heavy atom. The summed E-state index contributed by atoms with van der Waals surface area (Å²) in [5.41, 5.74) is 2.01. The van der Waals surface area contributed by atoms with E-state index in [0.717, 1.165) is 5.56 Å². The number of hydrogen-bond acceptors (Lipinski definition) is 3. The number of methoxy groups -OCH3 is 1. The summed E-state index contributed by atoms with van der Waals surface area (Å²) in [7, 11) is 1.56. The molecule has 0 atom stereocenters. The van der Waals surface area contributed by atoms with E-state index in [9.17, 15) is 4.39 Å². The van der Waals surface area contributed by atoms with Crippen LogP contribution in [0.3, 0.4) is 0 Å². The standard InChI is InChI=1S/C16H19FN2O/c1-11(2)19-10-12-6-7-14(17)13(9-12)16-15(20-3)5-4-8-18-16/h4-9,11,19H,10H2,1-3H3. The molecule has 2 rings (SSSR count). The molecule has 1 N–H and O–H groups in total. The minimum Gasteiger partial charge on any atom is -0.494 e. The third-order valence-electron chi connectivity index (χ3n) is 2.99. The average molecular weight is 274 g/mol. The number of benzene rings is 1. The number of nitrogens with one attached hydrogen (secondary N) is 1. The van der Waals surface area contributed by atoms with Crippen LogP contribution in [0.15, 0.2) is 36.5 Å². The molecule has 1 aromatic carbocycles. The van der Waals surface area contributed by atoms with Crippen molar-refractivity contribution in [2.75, 3.05) is 7.11 Å². The molecule has 0 bridgehead atoms. The fourth-order valence-electron chi connectivity index (χ4n) is 1.94. The first-order valence-corrected chi connectivity index (χ1v) is 6.63. The maximum atomic E-state index is 14.1. The van der Waals surface area contributed by atoms with Gasteiger partial charge in [-0.05, 0) is 29.8 Å². The molecule has 0 spiro atoms. The molecule has 3 nitrogen and oxygen atoms in total. The lowest BCUT2D eigenvalue weighted by molar-refractivity contribution is 0.414. The van der Waals surface area contributed by atoms with Crippen molar-refractivity contribution in [3.63, 3.8) is 0 Å². The molecule has 1 heterocycles. The number of aromatic nitrogens is 1. The molecule has 0 aliphatic heterocycles. The van der Waals surface area contributed by atoms with Crippen molar-refractivity contribution in [2.24, 2.45) is 0 Å². The minimum absolute atomic E-state index is 0.296. The van der Waals surface area contributed by atoms with Crippen molar-refractivity contribution in [2.45, 2.75) is 26.4 Å². The normalized spacial score (nSPS) is 10.8. The van der Waals surface area contributed by atoms with E-state index in [2.05, 4.69) is 24.1 Å². The van der Waals surface area contributed by atoms with Crippen molar-refractivity contribution >= 4 is 0 Å². The number of rotatable bonds is 5. The van der Waals surface area contributed by atoms with Crippen LogP contribution in [0.2, 0.25) is 0 Å². The average Bonchev–Trinajstić information content (AvgIpc) is 2.46. The molecule has 4 heteroatoms. The van der Waals surface area contributed by atoms with Crippen molar-refractivity contribution in [3.8, 4) is 17.0 Å². The number of ether oxygens (including phenoxy) is 1. The molecule has 0 saturated carbocycles. The number of nitrogens with zero attached hydrogens (tertiary/aromatic N) is 1. The zero-order valence-electron chi connectivity index (χ0n) is 12.0. The summed E-state index contributed by atoms with van der Waals surface area (Å²) in [6, 6.07) is 9.00. The molecule has 0 aliphatic rings. The monoisotopic (exact) mass is 274 g/mol. The fraction of sp³-hybridized carbons (Fsp3) is 0.312. The second-order valence-electron chi connectivity index (χ2n) is 4.90. The highest BCUT2D eigenvalue weighted by atomic mass is 19.1. The molecule has 1 aromatic heterocycles. The molecule has 0 fully saturated rings.